The van der Waals surface area contributed by atoms with E-state index in [-0.39, 0.29) is 23.7 Å². The molecule has 4 fully saturated rings. The zero-order chi connectivity index (χ0) is 22.6. The summed E-state index contributed by atoms with van der Waals surface area (Å²) in [4.78, 5) is 33.6. The van der Waals surface area contributed by atoms with Crippen LogP contribution in [0, 0.1) is 30.1 Å². The van der Waals surface area contributed by atoms with Gasteiger partial charge in [0.25, 0.3) is 0 Å². The highest BCUT2D eigenvalue weighted by Gasteiger charge is 2.54. The van der Waals surface area contributed by atoms with Gasteiger partial charge in [-0.15, -0.1) is 11.3 Å². The number of thiazole rings is 1. The molecule has 0 spiro atoms. The topological polar surface area (TPSA) is 86.9 Å². The fraction of sp³-hybridized carbons (Fsp3) is 0.500. The molecule has 0 atom stereocenters. The van der Waals surface area contributed by atoms with Crippen LogP contribution in [0.1, 0.15) is 50.6 Å². The molecule has 0 unspecified atom stereocenters. The van der Waals surface area contributed by atoms with E-state index < -0.39 is 0 Å². The van der Waals surface area contributed by atoms with E-state index in [2.05, 4.69) is 32.7 Å². The standard InChI is InChI=1S/C26H30N4O2S/c1-15-23(19-4-2-3-5-20(19)28-15)21-14-33-25(29-21)30-22(31)6-7-27-24(32)26-11-16-8-17(12-26)10-18(9-16)13-26/h2-5,14,16-18,28H,6-13H2,1H3,(H,27,32)(H,29,30,31). The molecule has 0 saturated heterocycles. The normalized spacial score (nSPS) is 27.7. The Hall–Kier alpha value is -2.67. The highest BCUT2D eigenvalue weighted by Crippen LogP contribution is 2.60. The molecule has 2 aromatic heterocycles. The minimum Gasteiger partial charge on any atom is -0.358 e. The fourth-order valence-electron chi connectivity index (χ4n) is 7.10. The first kappa shape index (κ1) is 20.9. The van der Waals surface area contributed by atoms with Gasteiger partial charge < -0.3 is 15.6 Å². The van der Waals surface area contributed by atoms with Crippen LogP contribution in [-0.2, 0) is 9.59 Å². The smallest absolute Gasteiger partial charge is 0.227 e. The summed E-state index contributed by atoms with van der Waals surface area (Å²) < 4.78 is 0. The number of para-hydroxylation sites is 1. The van der Waals surface area contributed by atoms with Gasteiger partial charge in [-0.25, -0.2) is 4.98 Å². The maximum atomic E-state index is 13.1. The summed E-state index contributed by atoms with van der Waals surface area (Å²) in [6, 6.07) is 8.17. The molecule has 4 aliphatic rings. The van der Waals surface area contributed by atoms with E-state index in [1.807, 2.05) is 24.4 Å². The minimum absolute atomic E-state index is 0.114. The van der Waals surface area contributed by atoms with Crippen molar-refractivity contribution < 1.29 is 9.59 Å². The highest BCUT2D eigenvalue weighted by molar-refractivity contribution is 7.14. The van der Waals surface area contributed by atoms with Crippen molar-refractivity contribution in [3.63, 3.8) is 0 Å². The van der Waals surface area contributed by atoms with Crippen molar-refractivity contribution in [2.75, 3.05) is 11.9 Å². The Balaban J connectivity index is 1.05. The van der Waals surface area contributed by atoms with Crippen LogP contribution in [0.4, 0.5) is 5.13 Å². The second-order valence-electron chi connectivity index (χ2n) is 10.5. The number of amides is 2. The van der Waals surface area contributed by atoms with Crippen molar-refractivity contribution in [1.82, 2.24) is 15.3 Å². The Bertz CT molecular complexity index is 1190. The van der Waals surface area contributed by atoms with Crippen LogP contribution >= 0.6 is 11.3 Å². The molecule has 6 nitrogen and oxygen atoms in total. The molecule has 3 N–H and O–H groups in total. The Kier molecular flexibility index (Phi) is 5.05. The van der Waals surface area contributed by atoms with Crippen LogP contribution in [0.2, 0.25) is 0 Å². The Morgan fingerprint density at radius 2 is 1.82 bits per heavy atom. The molecule has 4 bridgehead atoms. The molecule has 1 aromatic carbocycles. The first-order valence-electron chi connectivity index (χ1n) is 12.1. The van der Waals surface area contributed by atoms with Crippen molar-refractivity contribution in [3.05, 3.63) is 35.3 Å². The molecule has 172 valence electrons. The number of anilines is 1. The SMILES string of the molecule is Cc1[nH]c2ccccc2c1-c1csc(NC(=O)CCNC(=O)C23CC4CC(CC(C4)C2)C3)n1. The van der Waals surface area contributed by atoms with Crippen LogP contribution < -0.4 is 10.6 Å². The van der Waals surface area contributed by atoms with Crippen LogP contribution in [0.15, 0.2) is 29.6 Å². The number of nitrogens with zero attached hydrogens (tertiary/aromatic N) is 1. The van der Waals surface area contributed by atoms with E-state index in [9.17, 15) is 9.59 Å². The van der Waals surface area contributed by atoms with E-state index in [1.54, 1.807) is 0 Å². The highest BCUT2D eigenvalue weighted by atomic mass is 32.1. The lowest BCUT2D eigenvalue weighted by Crippen LogP contribution is -2.53. The molecule has 2 amide bonds. The van der Waals surface area contributed by atoms with E-state index in [1.165, 1.54) is 30.6 Å². The molecular weight excluding hydrogens is 432 g/mol. The molecular formula is C26H30N4O2S. The maximum absolute atomic E-state index is 13.1. The number of hydrogen-bond acceptors (Lipinski definition) is 4. The van der Waals surface area contributed by atoms with Gasteiger partial charge in [-0.2, -0.15) is 0 Å². The van der Waals surface area contributed by atoms with Crippen molar-refractivity contribution in [2.24, 2.45) is 23.2 Å². The van der Waals surface area contributed by atoms with Crippen LogP contribution in [0.5, 0.6) is 0 Å². The van der Waals surface area contributed by atoms with Gasteiger partial charge in [0.1, 0.15) is 0 Å². The third-order valence-corrected chi connectivity index (χ3v) is 8.82. The van der Waals surface area contributed by atoms with Crippen LogP contribution in [0.25, 0.3) is 22.2 Å². The molecule has 3 aromatic rings. The Morgan fingerprint density at radius 3 is 2.55 bits per heavy atom. The second-order valence-corrected chi connectivity index (χ2v) is 11.3. The number of H-pyrrole nitrogens is 1. The van der Waals surface area contributed by atoms with E-state index in [4.69, 9.17) is 0 Å². The molecule has 7 rings (SSSR count). The Morgan fingerprint density at radius 1 is 1.12 bits per heavy atom. The summed E-state index contributed by atoms with van der Waals surface area (Å²) in [6.07, 6.45) is 7.37. The van der Waals surface area contributed by atoms with Crippen LogP contribution in [0.3, 0.4) is 0 Å². The number of carbonyl (C=O) groups excluding carboxylic acids is 2. The Labute approximate surface area is 197 Å². The minimum atomic E-state index is -0.160. The number of nitrogens with one attached hydrogen (secondary N) is 3. The average Bonchev–Trinajstić information content (AvgIpc) is 3.35. The quantitative estimate of drug-likeness (QED) is 0.467. The number of rotatable bonds is 6. The molecule has 0 radical (unpaired) electrons. The van der Waals surface area contributed by atoms with Gasteiger partial charge in [-0.3, -0.25) is 9.59 Å². The largest absolute Gasteiger partial charge is 0.358 e. The number of fused-ring (bicyclic) bond motifs is 1. The molecule has 0 aliphatic heterocycles. The van der Waals surface area contributed by atoms with Gasteiger partial charge in [0.15, 0.2) is 5.13 Å². The summed E-state index contributed by atoms with van der Waals surface area (Å²) in [5.41, 5.74) is 3.92. The summed E-state index contributed by atoms with van der Waals surface area (Å²) in [5, 5.41) is 9.70. The van der Waals surface area contributed by atoms with E-state index in [0.717, 1.165) is 64.9 Å². The zero-order valence-corrected chi connectivity index (χ0v) is 19.8. The maximum Gasteiger partial charge on any atom is 0.227 e. The summed E-state index contributed by atoms with van der Waals surface area (Å²) in [6.45, 7) is 2.42. The van der Waals surface area contributed by atoms with Gasteiger partial charge in [0.05, 0.1) is 5.69 Å². The number of aromatic amines is 1. The van der Waals surface area contributed by atoms with Crippen molar-refractivity contribution in [2.45, 2.75) is 51.9 Å². The lowest BCUT2D eigenvalue weighted by Gasteiger charge is -2.55. The molecule has 4 aliphatic carbocycles. The third kappa shape index (κ3) is 3.76. The summed E-state index contributed by atoms with van der Waals surface area (Å²) >= 11 is 1.43. The number of aryl methyl sites for hydroxylation is 1. The van der Waals surface area contributed by atoms with Gasteiger partial charge in [-0.05, 0) is 69.3 Å². The first-order chi connectivity index (χ1) is 16.0. The fourth-order valence-corrected chi connectivity index (χ4v) is 7.82. The first-order valence-corrected chi connectivity index (χ1v) is 13.0. The molecule has 4 saturated carbocycles. The van der Waals surface area contributed by atoms with Crippen molar-refractivity contribution in [3.8, 4) is 11.3 Å². The monoisotopic (exact) mass is 462 g/mol. The number of aromatic nitrogens is 2. The van der Waals surface area contributed by atoms with Crippen molar-refractivity contribution in [1.29, 1.82) is 0 Å². The van der Waals surface area contributed by atoms with E-state index in [0.29, 0.717) is 11.7 Å². The third-order valence-electron chi connectivity index (χ3n) is 8.06. The van der Waals surface area contributed by atoms with Gasteiger partial charge in [-0.1, -0.05) is 18.2 Å². The lowest BCUT2D eigenvalue weighted by molar-refractivity contribution is -0.146. The summed E-state index contributed by atoms with van der Waals surface area (Å²) in [7, 11) is 0. The molecule has 2 heterocycles. The lowest BCUT2D eigenvalue weighted by atomic mass is 9.49. The van der Waals surface area contributed by atoms with Gasteiger partial charge >= 0.3 is 0 Å². The number of hydrogen-bond donors (Lipinski definition) is 3. The molecule has 7 heteroatoms. The number of carbonyl (C=O) groups is 2. The summed E-state index contributed by atoms with van der Waals surface area (Å²) in [5.74, 6) is 2.29. The average molecular weight is 463 g/mol. The predicted molar refractivity (Wildman–Crippen MR) is 131 cm³/mol. The van der Waals surface area contributed by atoms with Gasteiger partial charge in [0.2, 0.25) is 11.8 Å². The second kappa shape index (κ2) is 7.97. The van der Waals surface area contributed by atoms with Crippen LogP contribution in [-0.4, -0.2) is 28.3 Å². The number of benzene rings is 1. The van der Waals surface area contributed by atoms with E-state index >= 15 is 0 Å². The zero-order valence-electron chi connectivity index (χ0n) is 18.9. The predicted octanol–water partition coefficient (Wildman–Crippen LogP) is 5.26. The molecule has 33 heavy (non-hydrogen) atoms. The van der Waals surface area contributed by atoms with Gasteiger partial charge in [0, 0.05) is 45.9 Å². The van der Waals surface area contributed by atoms with Crippen molar-refractivity contribution >= 4 is 39.2 Å².